The van der Waals surface area contributed by atoms with Gasteiger partial charge in [0, 0.05) is 19.0 Å². The van der Waals surface area contributed by atoms with Crippen LogP contribution in [0, 0.1) is 0 Å². The fourth-order valence-corrected chi connectivity index (χ4v) is 1.50. The van der Waals surface area contributed by atoms with E-state index in [2.05, 4.69) is 17.4 Å². The van der Waals surface area contributed by atoms with Crippen molar-refractivity contribution in [2.75, 3.05) is 6.54 Å². The summed E-state index contributed by atoms with van der Waals surface area (Å²) < 4.78 is 0. The van der Waals surface area contributed by atoms with Gasteiger partial charge >= 0.3 is 0 Å². The molecule has 1 atom stereocenters. The minimum Gasteiger partial charge on any atom is -0.352 e. The van der Waals surface area contributed by atoms with Crippen LogP contribution in [0.25, 0.3) is 0 Å². The molecular weight excluding hydrogens is 200 g/mol. The highest BCUT2D eigenvalue weighted by Gasteiger charge is 2.04. The Kier molecular flexibility index (Phi) is 5.57. The fraction of sp³-hybridized carbons (Fsp3) is 0.462. The molecule has 0 fully saturated rings. The van der Waals surface area contributed by atoms with Crippen molar-refractivity contribution in [3.63, 3.8) is 0 Å². The van der Waals surface area contributed by atoms with Crippen molar-refractivity contribution in [2.24, 2.45) is 5.73 Å². The van der Waals surface area contributed by atoms with E-state index in [9.17, 15) is 4.79 Å². The van der Waals surface area contributed by atoms with Crippen molar-refractivity contribution in [3.05, 3.63) is 35.9 Å². The van der Waals surface area contributed by atoms with E-state index < -0.39 is 0 Å². The maximum Gasteiger partial charge on any atom is 0.220 e. The molecule has 3 N–H and O–H groups in total. The zero-order chi connectivity index (χ0) is 11.8. The van der Waals surface area contributed by atoms with Gasteiger partial charge in [-0.05, 0) is 25.3 Å². The van der Waals surface area contributed by atoms with E-state index in [1.807, 2.05) is 25.1 Å². The summed E-state index contributed by atoms with van der Waals surface area (Å²) in [4.78, 5) is 11.4. The Balaban J connectivity index is 2.18. The fourth-order valence-electron chi connectivity index (χ4n) is 1.50. The molecule has 16 heavy (non-hydrogen) atoms. The molecule has 0 aromatic heterocycles. The summed E-state index contributed by atoms with van der Waals surface area (Å²) in [6, 6.07) is 10.3. The van der Waals surface area contributed by atoms with Crippen LogP contribution in [0.2, 0.25) is 0 Å². The van der Waals surface area contributed by atoms with Crippen molar-refractivity contribution in [1.29, 1.82) is 0 Å². The average molecular weight is 220 g/mol. The number of hydrogen-bond donors (Lipinski definition) is 2. The predicted molar refractivity (Wildman–Crippen MR) is 66.0 cm³/mol. The lowest BCUT2D eigenvalue weighted by Gasteiger charge is -2.10. The summed E-state index contributed by atoms with van der Waals surface area (Å²) in [5, 5.41) is 2.85. The number of nitrogens with two attached hydrogens (primary N) is 1. The van der Waals surface area contributed by atoms with Crippen LogP contribution >= 0.6 is 0 Å². The summed E-state index contributed by atoms with van der Waals surface area (Å²) >= 11 is 0. The molecule has 1 aromatic rings. The lowest BCUT2D eigenvalue weighted by molar-refractivity contribution is -0.121. The number of carbonyl (C=O) groups excluding carboxylic acids is 1. The largest absolute Gasteiger partial charge is 0.352 e. The van der Waals surface area contributed by atoms with Crippen molar-refractivity contribution < 1.29 is 4.79 Å². The lowest BCUT2D eigenvalue weighted by Crippen LogP contribution is -2.37. The molecule has 0 bridgehead atoms. The zero-order valence-electron chi connectivity index (χ0n) is 9.78. The normalized spacial score (nSPS) is 12.1. The van der Waals surface area contributed by atoms with Crippen LogP contribution < -0.4 is 11.1 Å². The second-order valence-electron chi connectivity index (χ2n) is 4.04. The third-order valence-electron chi connectivity index (χ3n) is 2.47. The highest BCUT2D eigenvalue weighted by atomic mass is 16.1. The van der Waals surface area contributed by atoms with E-state index in [0.717, 1.165) is 12.8 Å². The number of benzene rings is 1. The first kappa shape index (κ1) is 12.7. The van der Waals surface area contributed by atoms with E-state index in [-0.39, 0.29) is 11.9 Å². The van der Waals surface area contributed by atoms with Gasteiger partial charge in [-0.1, -0.05) is 30.3 Å². The van der Waals surface area contributed by atoms with Gasteiger partial charge in [0.2, 0.25) is 5.91 Å². The van der Waals surface area contributed by atoms with Crippen LogP contribution in [0.15, 0.2) is 30.3 Å². The molecule has 0 aliphatic carbocycles. The summed E-state index contributed by atoms with van der Waals surface area (Å²) in [5.41, 5.74) is 6.71. The molecule has 3 nitrogen and oxygen atoms in total. The first-order chi connectivity index (χ1) is 7.72. The number of hydrogen-bond acceptors (Lipinski definition) is 2. The van der Waals surface area contributed by atoms with Crippen LogP contribution in [0.1, 0.15) is 25.3 Å². The van der Waals surface area contributed by atoms with Gasteiger partial charge in [-0.3, -0.25) is 4.79 Å². The maximum absolute atomic E-state index is 11.4. The highest BCUT2D eigenvalue weighted by molar-refractivity contribution is 5.76. The van der Waals surface area contributed by atoms with Crippen LogP contribution in [0.4, 0.5) is 0 Å². The van der Waals surface area contributed by atoms with Crippen molar-refractivity contribution in [2.45, 2.75) is 32.2 Å². The lowest BCUT2D eigenvalue weighted by atomic mass is 10.1. The zero-order valence-corrected chi connectivity index (χ0v) is 9.78. The molecule has 0 aliphatic rings. The SMILES string of the molecule is CC(CN)NC(=O)CCCc1ccccc1. The topological polar surface area (TPSA) is 55.1 Å². The van der Waals surface area contributed by atoms with E-state index >= 15 is 0 Å². The summed E-state index contributed by atoms with van der Waals surface area (Å²) in [6.45, 7) is 2.40. The van der Waals surface area contributed by atoms with E-state index in [1.54, 1.807) is 0 Å². The molecule has 0 heterocycles. The molecule has 1 amide bonds. The highest BCUT2D eigenvalue weighted by Crippen LogP contribution is 2.04. The van der Waals surface area contributed by atoms with Gasteiger partial charge in [0.1, 0.15) is 0 Å². The van der Waals surface area contributed by atoms with Crippen molar-refractivity contribution in [3.8, 4) is 0 Å². The molecular formula is C13H20N2O. The second-order valence-corrected chi connectivity index (χ2v) is 4.04. The number of rotatable bonds is 6. The Morgan fingerprint density at radius 3 is 2.69 bits per heavy atom. The first-order valence-electron chi connectivity index (χ1n) is 5.75. The van der Waals surface area contributed by atoms with Gasteiger partial charge in [-0.25, -0.2) is 0 Å². The molecule has 3 heteroatoms. The quantitative estimate of drug-likeness (QED) is 0.763. The average Bonchev–Trinajstić information content (AvgIpc) is 2.30. The Labute approximate surface area is 97.0 Å². The minimum atomic E-state index is 0.0734. The molecule has 1 unspecified atom stereocenters. The van der Waals surface area contributed by atoms with Gasteiger partial charge in [0.15, 0.2) is 0 Å². The molecule has 88 valence electrons. The summed E-state index contributed by atoms with van der Waals surface area (Å²) in [6.07, 6.45) is 2.40. The number of nitrogens with one attached hydrogen (secondary N) is 1. The molecule has 0 saturated carbocycles. The standard InChI is InChI=1S/C13H20N2O/c1-11(10-14)15-13(16)9-5-8-12-6-3-2-4-7-12/h2-4,6-7,11H,5,8-10,14H2,1H3,(H,15,16). The van der Waals surface area contributed by atoms with Crippen LogP contribution in [0.5, 0.6) is 0 Å². The summed E-state index contributed by atoms with van der Waals surface area (Å²) in [5.74, 6) is 0.0916. The Bertz CT molecular complexity index is 311. The van der Waals surface area contributed by atoms with E-state index in [1.165, 1.54) is 5.56 Å². The number of aryl methyl sites for hydroxylation is 1. The molecule has 1 rings (SSSR count). The van der Waals surface area contributed by atoms with Gasteiger partial charge in [0.05, 0.1) is 0 Å². The van der Waals surface area contributed by atoms with Crippen molar-refractivity contribution >= 4 is 5.91 Å². The van der Waals surface area contributed by atoms with Crippen LogP contribution in [-0.4, -0.2) is 18.5 Å². The molecule has 1 aromatic carbocycles. The third-order valence-corrected chi connectivity index (χ3v) is 2.47. The summed E-state index contributed by atoms with van der Waals surface area (Å²) in [7, 11) is 0. The van der Waals surface area contributed by atoms with Crippen molar-refractivity contribution in [1.82, 2.24) is 5.32 Å². The molecule has 0 spiro atoms. The van der Waals surface area contributed by atoms with E-state index in [0.29, 0.717) is 13.0 Å². The number of carbonyl (C=O) groups is 1. The Hall–Kier alpha value is -1.35. The second kappa shape index (κ2) is 7.01. The Morgan fingerprint density at radius 1 is 1.38 bits per heavy atom. The maximum atomic E-state index is 11.4. The monoisotopic (exact) mass is 220 g/mol. The van der Waals surface area contributed by atoms with Gasteiger partial charge in [-0.2, -0.15) is 0 Å². The van der Waals surface area contributed by atoms with Gasteiger partial charge < -0.3 is 11.1 Å². The predicted octanol–water partition coefficient (Wildman–Crippen LogP) is 1.47. The van der Waals surface area contributed by atoms with E-state index in [4.69, 9.17) is 5.73 Å². The van der Waals surface area contributed by atoms with Gasteiger partial charge in [-0.15, -0.1) is 0 Å². The van der Waals surface area contributed by atoms with Gasteiger partial charge in [0.25, 0.3) is 0 Å². The third kappa shape index (κ3) is 4.94. The van der Waals surface area contributed by atoms with Crippen LogP contribution in [0.3, 0.4) is 0 Å². The first-order valence-corrected chi connectivity index (χ1v) is 5.75. The molecule has 0 radical (unpaired) electrons. The Morgan fingerprint density at radius 2 is 2.06 bits per heavy atom. The smallest absolute Gasteiger partial charge is 0.220 e. The number of amides is 1. The molecule has 0 aliphatic heterocycles. The molecule has 0 saturated heterocycles. The van der Waals surface area contributed by atoms with Crippen LogP contribution in [-0.2, 0) is 11.2 Å². The minimum absolute atomic E-state index is 0.0734.